The van der Waals surface area contributed by atoms with Gasteiger partial charge in [-0.1, -0.05) is 26.2 Å². The zero-order valence-electron chi connectivity index (χ0n) is 11.6. The monoisotopic (exact) mass is 250 g/mol. The molecular weight excluding hydrogens is 224 g/mol. The number of amides is 1. The molecule has 2 heterocycles. The molecule has 1 amide bonds. The molecule has 0 radical (unpaired) electrons. The van der Waals surface area contributed by atoms with Gasteiger partial charge in [0.05, 0.1) is 11.7 Å². The third-order valence-electron chi connectivity index (χ3n) is 5.35. The molecule has 2 aliphatic heterocycles. The number of carbonyl (C=O) groups is 1. The molecule has 18 heavy (non-hydrogen) atoms. The van der Waals surface area contributed by atoms with E-state index in [9.17, 15) is 4.79 Å². The number of hydrogen-bond acceptors (Lipinski definition) is 2. The average Bonchev–Trinajstić information content (AvgIpc) is 3.01. The van der Waals surface area contributed by atoms with Crippen LogP contribution in [0.15, 0.2) is 0 Å². The molecule has 102 valence electrons. The summed E-state index contributed by atoms with van der Waals surface area (Å²) in [6.45, 7) is 3.39. The van der Waals surface area contributed by atoms with Crippen molar-refractivity contribution < 1.29 is 4.79 Å². The maximum absolute atomic E-state index is 12.1. The molecule has 3 rings (SSSR count). The summed E-state index contributed by atoms with van der Waals surface area (Å²) in [6.07, 6.45) is 11.3. The number of rotatable bonds is 4. The molecule has 3 aliphatic rings. The molecule has 3 fully saturated rings. The van der Waals surface area contributed by atoms with E-state index in [-0.39, 0.29) is 11.7 Å². The van der Waals surface area contributed by atoms with Crippen molar-refractivity contribution in [2.45, 2.75) is 76.4 Å². The maximum atomic E-state index is 12.1. The van der Waals surface area contributed by atoms with E-state index in [1.165, 1.54) is 51.4 Å². The van der Waals surface area contributed by atoms with Gasteiger partial charge in [-0.25, -0.2) is 0 Å². The maximum Gasteiger partial charge on any atom is 0.238 e. The molecule has 1 saturated carbocycles. The third-order valence-corrected chi connectivity index (χ3v) is 5.35. The zero-order chi connectivity index (χ0) is 12.6. The van der Waals surface area contributed by atoms with E-state index in [4.69, 9.17) is 0 Å². The Morgan fingerprint density at radius 3 is 3.06 bits per heavy atom. The highest BCUT2D eigenvalue weighted by Gasteiger charge is 2.57. The topological polar surface area (TPSA) is 32.3 Å². The average molecular weight is 250 g/mol. The van der Waals surface area contributed by atoms with Crippen LogP contribution < -0.4 is 5.32 Å². The molecule has 3 unspecified atom stereocenters. The highest BCUT2D eigenvalue weighted by Crippen LogP contribution is 2.47. The number of fused-ring (bicyclic) bond motifs is 2. The SMILES string of the molecule is CCCCCC1CCCC12NC(=O)C1CCCN12. The van der Waals surface area contributed by atoms with Gasteiger partial charge in [0.15, 0.2) is 0 Å². The second-order valence-corrected chi connectivity index (χ2v) is 6.35. The molecular formula is C15H26N2O. The summed E-state index contributed by atoms with van der Waals surface area (Å²) in [5, 5.41) is 3.40. The molecule has 0 aromatic carbocycles. The van der Waals surface area contributed by atoms with Crippen molar-refractivity contribution in [3.63, 3.8) is 0 Å². The Kier molecular flexibility index (Phi) is 3.35. The van der Waals surface area contributed by atoms with Crippen LogP contribution in [0.25, 0.3) is 0 Å². The Morgan fingerprint density at radius 1 is 1.33 bits per heavy atom. The number of carbonyl (C=O) groups excluding carboxylic acids is 1. The summed E-state index contributed by atoms with van der Waals surface area (Å²) < 4.78 is 0. The summed E-state index contributed by atoms with van der Waals surface area (Å²) in [5.41, 5.74) is 0.0615. The number of nitrogens with one attached hydrogen (secondary N) is 1. The van der Waals surface area contributed by atoms with Crippen LogP contribution in [0.1, 0.15) is 64.7 Å². The Bertz CT molecular complexity index is 330. The molecule has 0 aromatic rings. The number of nitrogens with zero attached hydrogens (tertiary/aromatic N) is 1. The van der Waals surface area contributed by atoms with Crippen molar-refractivity contribution in [1.82, 2.24) is 10.2 Å². The summed E-state index contributed by atoms with van der Waals surface area (Å²) in [6, 6.07) is 0.205. The standard InChI is InChI=1S/C15H26N2O/c1-2-3-4-7-12-8-5-10-15(12)16-14(18)13-9-6-11-17(13)15/h12-13H,2-11H2,1H3,(H,16,18). The van der Waals surface area contributed by atoms with Crippen molar-refractivity contribution in [1.29, 1.82) is 0 Å². The third kappa shape index (κ3) is 1.78. The lowest BCUT2D eigenvalue weighted by molar-refractivity contribution is -0.121. The minimum atomic E-state index is 0.0615. The van der Waals surface area contributed by atoms with Gasteiger partial charge in [-0.05, 0) is 44.4 Å². The van der Waals surface area contributed by atoms with Crippen LogP contribution in [0.5, 0.6) is 0 Å². The molecule has 0 bridgehead atoms. The molecule has 3 atom stereocenters. The molecule has 3 heteroatoms. The second-order valence-electron chi connectivity index (χ2n) is 6.35. The quantitative estimate of drug-likeness (QED) is 0.778. The minimum Gasteiger partial charge on any atom is -0.336 e. The first-order valence-electron chi connectivity index (χ1n) is 7.86. The van der Waals surface area contributed by atoms with Gasteiger partial charge in [0.2, 0.25) is 5.91 Å². The summed E-state index contributed by atoms with van der Waals surface area (Å²) in [7, 11) is 0. The van der Waals surface area contributed by atoms with Gasteiger partial charge < -0.3 is 5.32 Å². The van der Waals surface area contributed by atoms with Gasteiger partial charge in [-0.3, -0.25) is 9.69 Å². The number of unbranched alkanes of at least 4 members (excludes halogenated alkanes) is 2. The Hall–Kier alpha value is -0.570. The van der Waals surface area contributed by atoms with E-state index >= 15 is 0 Å². The minimum absolute atomic E-state index is 0.0615. The molecule has 1 aliphatic carbocycles. The van der Waals surface area contributed by atoms with Crippen LogP contribution >= 0.6 is 0 Å². The first-order valence-corrected chi connectivity index (χ1v) is 7.86. The lowest BCUT2D eigenvalue weighted by Gasteiger charge is -2.39. The van der Waals surface area contributed by atoms with Gasteiger partial charge in [0, 0.05) is 6.54 Å². The molecule has 0 aromatic heterocycles. The van der Waals surface area contributed by atoms with Crippen LogP contribution in [-0.2, 0) is 4.79 Å². The van der Waals surface area contributed by atoms with E-state index in [1.54, 1.807) is 0 Å². The van der Waals surface area contributed by atoms with Crippen molar-refractivity contribution in [2.24, 2.45) is 5.92 Å². The normalized spacial score (nSPS) is 39.5. The highest BCUT2D eigenvalue weighted by molar-refractivity contribution is 5.85. The van der Waals surface area contributed by atoms with Gasteiger partial charge in [0.1, 0.15) is 0 Å². The van der Waals surface area contributed by atoms with Crippen molar-refractivity contribution in [3.8, 4) is 0 Å². The van der Waals surface area contributed by atoms with Crippen LogP contribution in [-0.4, -0.2) is 29.1 Å². The predicted molar refractivity (Wildman–Crippen MR) is 72.1 cm³/mol. The van der Waals surface area contributed by atoms with E-state index in [0.717, 1.165) is 13.0 Å². The van der Waals surface area contributed by atoms with E-state index < -0.39 is 0 Å². The largest absolute Gasteiger partial charge is 0.336 e. The molecule has 1 N–H and O–H groups in total. The second kappa shape index (κ2) is 4.84. The molecule has 1 spiro atoms. The van der Waals surface area contributed by atoms with Crippen molar-refractivity contribution in [2.75, 3.05) is 6.54 Å². The lowest BCUT2D eigenvalue weighted by atomic mass is 9.90. The van der Waals surface area contributed by atoms with Crippen molar-refractivity contribution >= 4 is 5.91 Å². The van der Waals surface area contributed by atoms with Crippen LogP contribution in [0, 0.1) is 5.92 Å². The lowest BCUT2D eigenvalue weighted by Crippen LogP contribution is -2.54. The Balaban J connectivity index is 1.74. The van der Waals surface area contributed by atoms with Crippen LogP contribution in [0.3, 0.4) is 0 Å². The highest BCUT2D eigenvalue weighted by atomic mass is 16.2. The Morgan fingerprint density at radius 2 is 2.22 bits per heavy atom. The molecule has 3 nitrogen and oxygen atoms in total. The molecule has 2 saturated heterocycles. The predicted octanol–water partition coefficient (Wildman–Crippen LogP) is 2.66. The summed E-state index contributed by atoms with van der Waals surface area (Å²) >= 11 is 0. The fourth-order valence-electron chi connectivity index (χ4n) is 4.51. The van der Waals surface area contributed by atoms with Gasteiger partial charge in [-0.2, -0.15) is 0 Å². The summed E-state index contributed by atoms with van der Waals surface area (Å²) in [5.74, 6) is 1.02. The van der Waals surface area contributed by atoms with E-state index in [2.05, 4.69) is 17.1 Å². The van der Waals surface area contributed by atoms with E-state index in [1.807, 2.05) is 0 Å². The smallest absolute Gasteiger partial charge is 0.238 e. The Labute approximate surface area is 110 Å². The zero-order valence-corrected chi connectivity index (χ0v) is 11.6. The van der Waals surface area contributed by atoms with Crippen molar-refractivity contribution in [3.05, 3.63) is 0 Å². The fourth-order valence-corrected chi connectivity index (χ4v) is 4.51. The van der Waals surface area contributed by atoms with E-state index in [0.29, 0.717) is 11.8 Å². The summed E-state index contributed by atoms with van der Waals surface area (Å²) in [4.78, 5) is 14.7. The number of hydrogen-bond donors (Lipinski definition) is 1. The van der Waals surface area contributed by atoms with Crippen LogP contribution in [0.2, 0.25) is 0 Å². The van der Waals surface area contributed by atoms with Gasteiger partial charge in [0.25, 0.3) is 0 Å². The van der Waals surface area contributed by atoms with Gasteiger partial charge >= 0.3 is 0 Å². The van der Waals surface area contributed by atoms with Gasteiger partial charge in [-0.15, -0.1) is 0 Å². The first-order chi connectivity index (χ1) is 8.78. The van der Waals surface area contributed by atoms with Crippen LogP contribution in [0.4, 0.5) is 0 Å². The first kappa shape index (κ1) is 12.5. The fraction of sp³-hybridized carbons (Fsp3) is 0.933.